The van der Waals surface area contributed by atoms with Gasteiger partial charge in [-0.2, -0.15) is 4.98 Å². The number of nitrogens with zero attached hydrogens (tertiary/aromatic N) is 2. The van der Waals surface area contributed by atoms with Gasteiger partial charge in [-0.25, -0.2) is 0 Å². The molecular weight excluding hydrogens is 242 g/mol. The molecule has 0 aliphatic rings. The zero-order valence-electron chi connectivity index (χ0n) is 11.5. The molecule has 102 valence electrons. The lowest BCUT2D eigenvalue weighted by Gasteiger charge is -2.16. The maximum atomic E-state index is 6.09. The van der Waals surface area contributed by atoms with Gasteiger partial charge in [0.15, 0.2) is 5.82 Å². The SMILES string of the molecule is CCOc1ccc(-c2nc(C(C)(N)CC)no2)cc1. The summed E-state index contributed by atoms with van der Waals surface area (Å²) in [6, 6.07) is 7.54. The van der Waals surface area contributed by atoms with E-state index in [-0.39, 0.29) is 0 Å². The van der Waals surface area contributed by atoms with Crippen LogP contribution < -0.4 is 10.5 Å². The summed E-state index contributed by atoms with van der Waals surface area (Å²) < 4.78 is 10.6. The highest BCUT2D eigenvalue weighted by Gasteiger charge is 2.25. The van der Waals surface area contributed by atoms with Crippen LogP contribution in [0.25, 0.3) is 11.5 Å². The second-order valence-electron chi connectivity index (χ2n) is 4.65. The molecule has 0 aliphatic heterocycles. The average Bonchev–Trinajstić information content (AvgIpc) is 2.90. The van der Waals surface area contributed by atoms with Crippen molar-refractivity contribution >= 4 is 0 Å². The number of hydrogen-bond donors (Lipinski definition) is 1. The molecule has 2 rings (SSSR count). The van der Waals surface area contributed by atoms with Crippen molar-refractivity contribution in [3.63, 3.8) is 0 Å². The standard InChI is InChI=1S/C14H19N3O2/c1-4-14(3,15)13-16-12(19-17-13)10-6-8-11(9-7-10)18-5-2/h6-9H,4-5,15H2,1-3H3. The van der Waals surface area contributed by atoms with Crippen LogP contribution in [0, 0.1) is 0 Å². The van der Waals surface area contributed by atoms with Crippen LogP contribution in [-0.2, 0) is 5.54 Å². The van der Waals surface area contributed by atoms with Crippen molar-refractivity contribution in [3.05, 3.63) is 30.1 Å². The van der Waals surface area contributed by atoms with Gasteiger partial charge >= 0.3 is 0 Å². The van der Waals surface area contributed by atoms with Crippen LogP contribution in [0.3, 0.4) is 0 Å². The third-order valence-electron chi connectivity index (χ3n) is 3.08. The smallest absolute Gasteiger partial charge is 0.257 e. The van der Waals surface area contributed by atoms with Gasteiger partial charge < -0.3 is 15.0 Å². The predicted molar refractivity (Wildman–Crippen MR) is 72.7 cm³/mol. The third kappa shape index (κ3) is 2.93. The second kappa shape index (κ2) is 5.40. The molecule has 5 heteroatoms. The average molecular weight is 261 g/mol. The summed E-state index contributed by atoms with van der Waals surface area (Å²) >= 11 is 0. The van der Waals surface area contributed by atoms with Crippen LogP contribution in [0.15, 0.2) is 28.8 Å². The summed E-state index contributed by atoms with van der Waals surface area (Å²) in [6.45, 7) is 6.48. The molecule has 0 saturated heterocycles. The second-order valence-corrected chi connectivity index (χ2v) is 4.65. The van der Waals surface area contributed by atoms with Gasteiger partial charge in [0.05, 0.1) is 12.1 Å². The van der Waals surface area contributed by atoms with Crippen LogP contribution in [0.5, 0.6) is 5.75 Å². The zero-order chi connectivity index (χ0) is 13.9. The molecule has 0 saturated carbocycles. The molecule has 2 aromatic rings. The first kappa shape index (κ1) is 13.5. The minimum atomic E-state index is -0.562. The summed E-state index contributed by atoms with van der Waals surface area (Å²) in [6.07, 6.45) is 0.745. The Morgan fingerprint density at radius 2 is 1.95 bits per heavy atom. The van der Waals surface area contributed by atoms with Crippen LogP contribution in [0.2, 0.25) is 0 Å². The van der Waals surface area contributed by atoms with Gasteiger partial charge in [-0.15, -0.1) is 0 Å². The normalized spacial score (nSPS) is 14.1. The molecule has 1 aromatic carbocycles. The van der Waals surface area contributed by atoms with E-state index in [1.807, 2.05) is 45.0 Å². The molecule has 0 radical (unpaired) electrons. The van der Waals surface area contributed by atoms with Crippen LogP contribution in [0.4, 0.5) is 0 Å². The highest BCUT2D eigenvalue weighted by Crippen LogP contribution is 2.24. The van der Waals surface area contributed by atoms with E-state index >= 15 is 0 Å². The van der Waals surface area contributed by atoms with Crippen molar-refractivity contribution in [1.82, 2.24) is 10.1 Å². The van der Waals surface area contributed by atoms with Gasteiger partial charge in [-0.1, -0.05) is 12.1 Å². The van der Waals surface area contributed by atoms with Crippen molar-refractivity contribution < 1.29 is 9.26 Å². The van der Waals surface area contributed by atoms with Crippen LogP contribution in [-0.4, -0.2) is 16.7 Å². The van der Waals surface area contributed by atoms with E-state index in [9.17, 15) is 0 Å². The largest absolute Gasteiger partial charge is 0.494 e. The van der Waals surface area contributed by atoms with Crippen LogP contribution in [0.1, 0.15) is 33.0 Å². The topological polar surface area (TPSA) is 74.2 Å². The van der Waals surface area contributed by atoms with Crippen molar-refractivity contribution in [2.75, 3.05) is 6.61 Å². The predicted octanol–water partition coefficient (Wildman–Crippen LogP) is 2.72. The Balaban J connectivity index is 2.23. The molecule has 1 atom stereocenters. The highest BCUT2D eigenvalue weighted by atomic mass is 16.5. The molecule has 0 amide bonds. The van der Waals surface area contributed by atoms with E-state index < -0.39 is 5.54 Å². The lowest BCUT2D eigenvalue weighted by Crippen LogP contribution is -2.33. The number of hydrogen-bond acceptors (Lipinski definition) is 5. The van der Waals surface area contributed by atoms with E-state index in [4.69, 9.17) is 15.0 Å². The lowest BCUT2D eigenvalue weighted by atomic mass is 10.00. The van der Waals surface area contributed by atoms with Gasteiger partial charge in [0.25, 0.3) is 5.89 Å². The molecule has 19 heavy (non-hydrogen) atoms. The van der Waals surface area contributed by atoms with Crippen molar-refractivity contribution in [2.45, 2.75) is 32.7 Å². The fraction of sp³-hybridized carbons (Fsp3) is 0.429. The monoisotopic (exact) mass is 261 g/mol. The zero-order valence-corrected chi connectivity index (χ0v) is 11.5. The number of nitrogens with two attached hydrogens (primary N) is 1. The Kier molecular flexibility index (Phi) is 3.85. The number of aromatic nitrogens is 2. The molecular formula is C14H19N3O2. The maximum Gasteiger partial charge on any atom is 0.257 e. The summed E-state index contributed by atoms with van der Waals surface area (Å²) in [4.78, 5) is 4.36. The molecule has 2 N–H and O–H groups in total. The summed E-state index contributed by atoms with van der Waals surface area (Å²) in [5, 5.41) is 3.95. The molecule has 1 unspecified atom stereocenters. The van der Waals surface area contributed by atoms with E-state index in [2.05, 4.69) is 10.1 Å². The van der Waals surface area contributed by atoms with Gasteiger partial charge in [0, 0.05) is 5.56 Å². The number of benzene rings is 1. The van der Waals surface area contributed by atoms with E-state index in [1.54, 1.807) is 0 Å². The summed E-state index contributed by atoms with van der Waals surface area (Å²) in [5.74, 6) is 1.82. The highest BCUT2D eigenvalue weighted by molar-refractivity contribution is 5.54. The lowest BCUT2D eigenvalue weighted by molar-refractivity contribution is 0.340. The van der Waals surface area contributed by atoms with E-state index in [0.29, 0.717) is 18.3 Å². The molecule has 0 spiro atoms. The summed E-state index contributed by atoms with van der Waals surface area (Å²) in [7, 11) is 0. The molecule has 5 nitrogen and oxygen atoms in total. The van der Waals surface area contributed by atoms with Gasteiger partial charge in [0.2, 0.25) is 0 Å². The van der Waals surface area contributed by atoms with E-state index in [1.165, 1.54) is 0 Å². The number of ether oxygens (including phenoxy) is 1. The molecule has 1 aromatic heterocycles. The first-order chi connectivity index (χ1) is 9.06. The molecule has 0 bridgehead atoms. The third-order valence-corrected chi connectivity index (χ3v) is 3.08. The maximum absolute atomic E-state index is 6.09. The minimum Gasteiger partial charge on any atom is -0.494 e. The molecule has 0 fully saturated rings. The molecule has 0 aliphatic carbocycles. The first-order valence-corrected chi connectivity index (χ1v) is 6.43. The molecule has 1 heterocycles. The van der Waals surface area contributed by atoms with Crippen molar-refractivity contribution in [1.29, 1.82) is 0 Å². The van der Waals surface area contributed by atoms with Crippen molar-refractivity contribution in [3.8, 4) is 17.2 Å². The summed E-state index contributed by atoms with van der Waals surface area (Å²) in [5.41, 5.74) is 6.38. The Labute approximate surface area is 112 Å². The first-order valence-electron chi connectivity index (χ1n) is 6.43. The van der Waals surface area contributed by atoms with E-state index in [0.717, 1.165) is 17.7 Å². The Morgan fingerprint density at radius 1 is 1.26 bits per heavy atom. The Morgan fingerprint density at radius 3 is 2.53 bits per heavy atom. The minimum absolute atomic E-state index is 0.475. The van der Waals surface area contributed by atoms with Crippen LogP contribution >= 0.6 is 0 Å². The fourth-order valence-corrected chi connectivity index (χ4v) is 1.59. The van der Waals surface area contributed by atoms with Gasteiger partial charge in [-0.3, -0.25) is 0 Å². The van der Waals surface area contributed by atoms with Crippen molar-refractivity contribution in [2.24, 2.45) is 5.73 Å². The number of rotatable bonds is 5. The van der Waals surface area contributed by atoms with Gasteiger partial charge in [0.1, 0.15) is 5.75 Å². The Hall–Kier alpha value is -1.88. The Bertz CT molecular complexity index is 532. The fourth-order valence-electron chi connectivity index (χ4n) is 1.59. The van der Waals surface area contributed by atoms with Gasteiger partial charge in [-0.05, 0) is 44.5 Å². The quantitative estimate of drug-likeness (QED) is 0.895.